The average molecular weight is 266 g/mol. The van der Waals surface area contributed by atoms with E-state index in [1.54, 1.807) is 31.2 Å². The second-order valence-electron chi connectivity index (χ2n) is 3.90. The molecule has 7 nitrogen and oxygen atoms in total. The van der Waals surface area contributed by atoms with Gasteiger partial charge in [0.05, 0.1) is 6.42 Å². The summed E-state index contributed by atoms with van der Waals surface area (Å²) in [5.41, 5.74) is 1.34. The second-order valence-corrected chi connectivity index (χ2v) is 3.90. The van der Waals surface area contributed by atoms with E-state index in [-0.39, 0.29) is 0 Å². The van der Waals surface area contributed by atoms with Crippen LogP contribution in [-0.2, 0) is 9.59 Å². The molecule has 1 aromatic carbocycles. The third-order valence-electron chi connectivity index (χ3n) is 2.38. The van der Waals surface area contributed by atoms with Crippen LogP contribution in [0.4, 0.5) is 10.5 Å². The standard InChI is InChI=1S/C12H14N2O5/c1-7-4-2-3-5-8(7)13-12(19)14-9(11(17)18)6-10(15)16/h2-5,9H,6H2,1H3,(H,15,16)(H,17,18)(H2,13,14,19). The number of rotatable bonds is 5. The van der Waals surface area contributed by atoms with Crippen LogP contribution >= 0.6 is 0 Å². The fraction of sp³-hybridized carbons (Fsp3) is 0.250. The van der Waals surface area contributed by atoms with E-state index in [1.165, 1.54) is 0 Å². The van der Waals surface area contributed by atoms with E-state index >= 15 is 0 Å². The molecule has 0 spiro atoms. The molecule has 1 rings (SSSR count). The second kappa shape index (κ2) is 6.39. The maximum absolute atomic E-state index is 11.6. The first kappa shape index (κ1) is 14.5. The molecular formula is C12H14N2O5. The van der Waals surface area contributed by atoms with E-state index in [0.29, 0.717) is 5.69 Å². The van der Waals surface area contributed by atoms with Crippen LogP contribution in [0, 0.1) is 6.92 Å². The summed E-state index contributed by atoms with van der Waals surface area (Å²) in [6.07, 6.45) is -0.684. The Labute approximate surface area is 109 Å². The van der Waals surface area contributed by atoms with Gasteiger partial charge in [-0.2, -0.15) is 0 Å². The zero-order valence-electron chi connectivity index (χ0n) is 10.2. The van der Waals surface area contributed by atoms with Crippen LogP contribution in [0.5, 0.6) is 0 Å². The molecule has 0 heterocycles. The maximum Gasteiger partial charge on any atom is 0.326 e. The predicted molar refractivity (Wildman–Crippen MR) is 67.0 cm³/mol. The molecular weight excluding hydrogens is 252 g/mol. The van der Waals surface area contributed by atoms with Crippen molar-refractivity contribution in [2.45, 2.75) is 19.4 Å². The summed E-state index contributed by atoms with van der Waals surface area (Å²) in [5.74, 6) is -2.70. The lowest BCUT2D eigenvalue weighted by Crippen LogP contribution is -2.44. The molecule has 2 amide bonds. The van der Waals surface area contributed by atoms with E-state index in [4.69, 9.17) is 10.2 Å². The van der Waals surface area contributed by atoms with Crippen LogP contribution < -0.4 is 10.6 Å². The van der Waals surface area contributed by atoms with Gasteiger partial charge < -0.3 is 20.8 Å². The van der Waals surface area contributed by atoms with E-state index in [0.717, 1.165) is 5.56 Å². The number of benzene rings is 1. The van der Waals surface area contributed by atoms with Gasteiger partial charge in [-0.15, -0.1) is 0 Å². The van der Waals surface area contributed by atoms with Crippen LogP contribution in [0.2, 0.25) is 0 Å². The van der Waals surface area contributed by atoms with Crippen molar-refractivity contribution in [3.05, 3.63) is 29.8 Å². The van der Waals surface area contributed by atoms with E-state index in [9.17, 15) is 14.4 Å². The van der Waals surface area contributed by atoms with Gasteiger partial charge in [0, 0.05) is 5.69 Å². The Morgan fingerprint density at radius 3 is 2.37 bits per heavy atom. The van der Waals surface area contributed by atoms with Gasteiger partial charge in [0.25, 0.3) is 0 Å². The van der Waals surface area contributed by atoms with Gasteiger partial charge in [-0.05, 0) is 18.6 Å². The first-order chi connectivity index (χ1) is 8.90. The molecule has 1 unspecified atom stereocenters. The Kier molecular flexibility index (Phi) is 4.87. The highest BCUT2D eigenvalue weighted by Crippen LogP contribution is 2.12. The first-order valence-corrected chi connectivity index (χ1v) is 5.48. The number of amides is 2. The minimum Gasteiger partial charge on any atom is -0.481 e. The molecule has 0 aliphatic carbocycles. The maximum atomic E-state index is 11.6. The molecule has 0 fully saturated rings. The van der Waals surface area contributed by atoms with E-state index in [1.807, 2.05) is 0 Å². The molecule has 0 aliphatic heterocycles. The van der Waals surface area contributed by atoms with Crippen LogP contribution in [-0.4, -0.2) is 34.2 Å². The summed E-state index contributed by atoms with van der Waals surface area (Å²) in [6, 6.07) is 4.71. The van der Waals surface area contributed by atoms with Gasteiger partial charge in [-0.3, -0.25) is 4.79 Å². The number of carbonyl (C=O) groups is 3. The lowest BCUT2D eigenvalue weighted by Gasteiger charge is -2.14. The predicted octanol–water partition coefficient (Wildman–Crippen LogP) is 1.04. The number of hydrogen-bond acceptors (Lipinski definition) is 3. The Morgan fingerprint density at radius 2 is 1.84 bits per heavy atom. The first-order valence-electron chi connectivity index (χ1n) is 5.48. The number of urea groups is 1. The van der Waals surface area contributed by atoms with Crippen molar-refractivity contribution < 1.29 is 24.6 Å². The molecule has 7 heteroatoms. The van der Waals surface area contributed by atoms with Gasteiger partial charge in [0.15, 0.2) is 0 Å². The molecule has 0 saturated heterocycles. The smallest absolute Gasteiger partial charge is 0.326 e. The van der Waals surface area contributed by atoms with Crippen LogP contribution in [0.25, 0.3) is 0 Å². The zero-order chi connectivity index (χ0) is 14.4. The Hall–Kier alpha value is -2.57. The number of anilines is 1. The highest BCUT2D eigenvalue weighted by molar-refractivity contribution is 5.93. The molecule has 0 bridgehead atoms. The molecule has 0 radical (unpaired) electrons. The number of carbonyl (C=O) groups excluding carboxylic acids is 1. The summed E-state index contributed by atoms with van der Waals surface area (Å²) < 4.78 is 0. The van der Waals surface area contributed by atoms with Crippen molar-refractivity contribution in [1.82, 2.24) is 5.32 Å². The quantitative estimate of drug-likeness (QED) is 0.635. The molecule has 0 saturated carbocycles. The van der Waals surface area contributed by atoms with Crippen molar-refractivity contribution in [3.8, 4) is 0 Å². The molecule has 1 aromatic rings. The van der Waals surface area contributed by atoms with Crippen molar-refractivity contribution >= 4 is 23.7 Å². The van der Waals surface area contributed by atoms with Crippen molar-refractivity contribution in [2.24, 2.45) is 0 Å². The lowest BCUT2D eigenvalue weighted by atomic mass is 10.2. The van der Waals surface area contributed by atoms with Gasteiger partial charge in [0.1, 0.15) is 6.04 Å². The summed E-state index contributed by atoms with van der Waals surface area (Å²) >= 11 is 0. The van der Waals surface area contributed by atoms with E-state index in [2.05, 4.69) is 10.6 Å². The highest BCUT2D eigenvalue weighted by atomic mass is 16.4. The van der Waals surface area contributed by atoms with E-state index < -0.39 is 30.4 Å². The highest BCUT2D eigenvalue weighted by Gasteiger charge is 2.23. The minimum absolute atomic E-state index is 0.527. The fourth-order valence-electron chi connectivity index (χ4n) is 1.40. The average Bonchev–Trinajstić information content (AvgIpc) is 2.30. The number of hydrogen-bond donors (Lipinski definition) is 4. The number of carboxylic acids is 2. The molecule has 4 N–H and O–H groups in total. The number of carboxylic acid groups (broad SMARTS) is 2. The van der Waals surface area contributed by atoms with Gasteiger partial charge >= 0.3 is 18.0 Å². The van der Waals surface area contributed by atoms with Crippen molar-refractivity contribution in [1.29, 1.82) is 0 Å². The molecule has 0 aliphatic rings. The summed E-state index contributed by atoms with van der Waals surface area (Å²) in [5, 5.41) is 21.9. The fourth-order valence-corrected chi connectivity index (χ4v) is 1.40. The van der Waals surface area contributed by atoms with Gasteiger partial charge in [-0.25, -0.2) is 9.59 Å². The van der Waals surface area contributed by atoms with Crippen molar-refractivity contribution in [2.75, 3.05) is 5.32 Å². The number of aryl methyl sites for hydroxylation is 1. The third kappa shape index (κ3) is 4.66. The number of para-hydroxylation sites is 1. The van der Waals surface area contributed by atoms with Gasteiger partial charge in [0.2, 0.25) is 0 Å². The third-order valence-corrected chi connectivity index (χ3v) is 2.38. The zero-order valence-corrected chi connectivity index (χ0v) is 10.2. The topological polar surface area (TPSA) is 116 Å². The summed E-state index contributed by atoms with van der Waals surface area (Å²) in [4.78, 5) is 32.8. The van der Waals surface area contributed by atoms with Crippen LogP contribution in [0.3, 0.4) is 0 Å². The summed E-state index contributed by atoms with van der Waals surface area (Å²) in [6.45, 7) is 1.78. The Balaban J connectivity index is 2.65. The minimum atomic E-state index is -1.47. The van der Waals surface area contributed by atoms with Gasteiger partial charge in [-0.1, -0.05) is 18.2 Å². The Morgan fingerprint density at radius 1 is 1.21 bits per heavy atom. The lowest BCUT2D eigenvalue weighted by molar-refractivity contribution is -0.145. The summed E-state index contributed by atoms with van der Waals surface area (Å²) in [7, 11) is 0. The van der Waals surface area contributed by atoms with Crippen LogP contribution in [0.1, 0.15) is 12.0 Å². The normalized spacial score (nSPS) is 11.4. The molecule has 19 heavy (non-hydrogen) atoms. The number of nitrogens with one attached hydrogen (secondary N) is 2. The Bertz CT molecular complexity index is 501. The SMILES string of the molecule is Cc1ccccc1NC(=O)NC(CC(=O)O)C(=O)O. The van der Waals surface area contributed by atoms with Crippen molar-refractivity contribution in [3.63, 3.8) is 0 Å². The van der Waals surface area contributed by atoms with Crippen LogP contribution in [0.15, 0.2) is 24.3 Å². The molecule has 1 atom stereocenters. The molecule has 0 aromatic heterocycles. The number of aliphatic carboxylic acids is 2. The monoisotopic (exact) mass is 266 g/mol. The largest absolute Gasteiger partial charge is 0.481 e. The molecule has 102 valence electrons.